The van der Waals surface area contributed by atoms with Crippen LogP contribution in [0.25, 0.3) is 0 Å². The summed E-state index contributed by atoms with van der Waals surface area (Å²) in [5.74, 6) is 1.17. The zero-order valence-electron chi connectivity index (χ0n) is 17.3. The molecule has 0 aliphatic rings. The molecule has 164 valence electrons. The maximum atomic E-state index is 11.7. The van der Waals surface area contributed by atoms with E-state index in [4.69, 9.17) is 32.7 Å². The van der Waals surface area contributed by atoms with Crippen LogP contribution < -0.4 is 14.2 Å². The Bertz CT molecular complexity index is 824. The number of carbonyl (C=O) groups is 1. The number of ether oxygens (including phenoxy) is 2. The van der Waals surface area contributed by atoms with E-state index >= 15 is 0 Å². The fourth-order valence-corrected chi connectivity index (χ4v) is 3.92. The number of alkyl halides is 1. The highest BCUT2D eigenvalue weighted by Gasteiger charge is 2.25. The molecule has 0 atom stereocenters. The summed E-state index contributed by atoms with van der Waals surface area (Å²) < 4.78 is 14.2. The van der Waals surface area contributed by atoms with E-state index in [1.807, 2.05) is 42.7 Å². The molecule has 2 aromatic carbocycles. The third-order valence-corrected chi connectivity index (χ3v) is 6.19. The van der Waals surface area contributed by atoms with Gasteiger partial charge in [0.1, 0.15) is 12.4 Å². The van der Waals surface area contributed by atoms with Gasteiger partial charge in [0, 0.05) is 10.7 Å². The van der Waals surface area contributed by atoms with Crippen LogP contribution in [0.1, 0.15) is 31.4 Å². The van der Waals surface area contributed by atoms with Crippen molar-refractivity contribution >= 4 is 56.9 Å². The number of nitrogens with one attached hydrogen (secondary N) is 1. The van der Waals surface area contributed by atoms with E-state index in [9.17, 15) is 4.79 Å². The number of benzene rings is 2. The van der Waals surface area contributed by atoms with Crippen LogP contribution in [0.2, 0.25) is 10.0 Å². The van der Waals surface area contributed by atoms with Crippen LogP contribution in [0.15, 0.2) is 36.4 Å². The monoisotopic (exact) mass is 533 g/mol. The number of Topliss-reactive ketones (excluding diaryl/α,β-unsaturated/α-hetero) is 1. The quantitative estimate of drug-likeness (QED) is 0.197. The predicted molar refractivity (Wildman–Crippen MR) is 131 cm³/mol. The lowest BCUT2D eigenvalue weighted by molar-refractivity contribution is -0.119. The van der Waals surface area contributed by atoms with Gasteiger partial charge in [0.25, 0.3) is 0 Å². The van der Waals surface area contributed by atoms with Crippen molar-refractivity contribution < 1.29 is 14.3 Å². The first-order valence-electron chi connectivity index (χ1n) is 9.48. The summed E-state index contributed by atoms with van der Waals surface area (Å²) >= 11 is 17.7. The lowest BCUT2D eigenvalue weighted by Crippen LogP contribution is -2.22. The van der Waals surface area contributed by atoms with Crippen molar-refractivity contribution in [2.24, 2.45) is 0 Å². The van der Waals surface area contributed by atoms with Crippen molar-refractivity contribution in [2.75, 3.05) is 31.3 Å². The van der Waals surface area contributed by atoms with E-state index in [-0.39, 0.29) is 24.3 Å². The van der Waals surface area contributed by atoms with E-state index in [2.05, 4.69) is 34.5 Å². The highest BCUT2D eigenvalue weighted by molar-refractivity contribution is 9.09. The van der Waals surface area contributed by atoms with Crippen LogP contribution in [0.5, 0.6) is 11.5 Å². The molecular formula is C22H26BrCl2NO3S. The molecule has 0 saturated heterocycles. The second-order valence-electron chi connectivity index (χ2n) is 7.16. The lowest BCUT2D eigenvalue weighted by atomic mass is 9.78. The Balaban J connectivity index is 2.12. The lowest BCUT2D eigenvalue weighted by Gasteiger charge is -2.27. The molecule has 0 unspecified atom stereocenters. The van der Waals surface area contributed by atoms with Gasteiger partial charge in [-0.25, -0.2) is 0 Å². The molecule has 0 aliphatic carbocycles. The highest BCUT2D eigenvalue weighted by atomic mass is 79.9. The molecule has 0 saturated carbocycles. The number of rotatable bonds is 12. The molecule has 0 aromatic heterocycles. The molecule has 0 heterocycles. The molecule has 1 N–H and O–H groups in total. The minimum absolute atomic E-state index is 0.00326. The summed E-state index contributed by atoms with van der Waals surface area (Å²) in [6, 6.07) is 11.5. The van der Waals surface area contributed by atoms with Gasteiger partial charge in [-0.1, -0.05) is 77.1 Å². The van der Waals surface area contributed by atoms with Crippen LogP contribution in [0.4, 0.5) is 0 Å². The van der Waals surface area contributed by atoms with Crippen molar-refractivity contribution in [1.82, 2.24) is 4.72 Å². The van der Waals surface area contributed by atoms with Crippen molar-refractivity contribution in [3.8, 4) is 11.5 Å². The summed E-state index contributed by atoms with van der Waals surface area (Å²) in [5, 5.41) is 1.85. The zero-order valence-corrected chi connectivity index (χ0v) is 21.2. The fourth-order valence-electron chi connectivity index (χ4n) is 2.79. The van der Waals surface area contributed by atoms with Crippen molar-refractivity contribution in [3.63, 3.8) is 0 Å². The SMILES string of the molecule is CSNCC(=O)COc1ccc(C(C)(C)c2cc(Cl)c(OCCCBr)c(Cl)c2)cc1. The minimum Gasteiger partial charge on any atom is -0.490 e. The number of carbonyl (C=O) groups excluding carboxylic acids is 1. The first kappa shape index (κ1) is 25.3. The molecule has 0 spiro atoms. The molecule has 4 nitrogen and oxygen atoms in total. The van der Waals surface area contributed by atoms with Gasteiger partial charge in [-0.2, -0.15) is 0 Å². The summed E-state index contributed by atoms with van der Waals surface area (Å²) in [4.78, 5) is 11.7. The summed E-state index contributed by atoms with van der Waals surface area (Å²) in [6.45, 7) is 5.08. The van der Waals surface area contributed by atoms with Crippen molar-refractivity contribution in [1.29, 1.82) is 0 Å². The molecule has 2 aromatic rings. The minimum atomic E-state index is -0.335. The fraction of sp³-hybridized carbons (Fsp3) is 0.409. The van der Waals surface area contributed by atoms with Gasteiger partial charge in [0.15, 0.2) is 11.5 Å². The Morgan fingerprint density at radius 3 is 2.30 bits per heavy atom. The van der Waals surface area contributed by atoms with Crippen LogP contribution >= 0.6 is 51.1 Å². The van der Waals surface area contributed by atoms with Gasteiger partial charge >= 0.3 is 0 Å². The molecular weight excluding hydrogens is 509 g/mol. The van der Waals surface area contributed by atoms with Gasteiger partial charge in [-0.05, 0) is 48.1 Å². The average molecular weight is 535 g/mol. The molecule has 0 amide bonds. The second kappa shape index (κ2) is 12.2. The van der Waals surface area contributed by atoms with Gasteiger partial charge < -0.3 is 9.47 Å². The first-order valence-corrected chi connectivity index (χ1v) is 12.6. The molecule has 0 fully saturated rings. The summed E-state index contributed by atoms with van der Waals surface area (Å²) in [6.07, 6.45) is 2.74. The third-order valence-electron chi connectivity index (χ3n) is 4.63. The smallest absolute Gasteiger partial charge is 0.184 e. The molecule has 30 heavy (non-hydrogen) atoms. The highest BCUT2D eigenvalue weighted by Crippen LogP contribution is 2.40. The Morgan fingerprint density at radius 2 is 1.73 bits per heavy atom. The van der Waals surface area contributed by atoms with Gasteiger partial charge in [-0.15, -0.1) is 0 Å². The number of hydrogen-bond acceptors (Lipinski definition) is 5. The van der Waals surface area contributed by atoms with E-state index in [0.29, 0.717) is 28.2 Å². The number of ketones is 1. The number of hydrogen-bond donors (Lipinski definition) is 1. The first-order chi connectivity index (χ1) is 14.3. The van der Waals surface area contributed by atoms with Crippen LogP contribution in [-0.4, -0.2) is 37.1 Å². The van der Waals surface area contributed by atoms with Crippen LogP contribution in [-0.2, 0) is 10.2 Å². The summed E-state index contributed by atoms with van der Waals surface area (Å²) in [5.41, 5.74) is 1.72. The average Bonchev–Trinajstić information content (AvgIpc) is 2.72. The molecule has 0 radical (unpaired) electrons. The van der Waals surface area contributed by atoms with E-state index in [0.717, 1.165) is 22.9 Å². The third kappa shape index (κ3) is 7.06. The molecule has 0 aliphatic heterocycles. The van der Waals surface area contributed by atoms with E-state index < -0.39 is 0 Å². The van der Waals surface area contributed by atoms with Gasteiger partial charge in [0.2, 0.25) is 0 Å². The zero-order chi connectivity index (χ0) is 22.1. The Hall–Kier alpha value is -0.920. The normalized spacial score (nSPS) is 11.4. The van der Waals surface area contributed by atoms with E-state index in [1.165, 1.54) is 11.9 Å². The number of halogens is 3. The molecule has 0 bridgehead atoms. The van der Waals surface area contributed by atoms with E-state index in [1.54, 1.807) is 0 Å². The van der Waals surface area contributed by atoms with Gasteiger partial charge in [0.05, 0.1) is 23.2 Å². The molecule has 2 rings (SSSR count). The Labute approximate surface area is 201 Å². The summed E-state index contributed by atoms with van der Waals surface area (Å²) in [7, 11) is 0. The maximum absolute atomic E-state index is 11.7. The Kier molecular flexibility index (Phi) is 10.3. The largest absolute Gasteiger partial charge is 0.490 e. The molecule has 8 heteroatoms. The van der Waals surface area contributed by atoms with Crippen LogP contribution in [0, 0.1) is 0 Å². The van der Waals surface area contributed by atoms with Gasteiger partial charge in [-0.3, -0.25) is 9.52 Å². The standard InChI is InChI=1S/C22H26BrCl2NO3S/c1-22(2,16-11-19(24)21(20(25)12-16)28-10-4-9-23)15-5-7-18(8-6-15)29-14-17(27)13-26-30-3/h5-8,11-12,26H,4,9-10,13-14H2,1-3H3. The predicted octanol–water partition coefficient (Wildman–Crippen LogP) is 6.30. The second-order valence-corrected chi connectivity index (χ2v) is 9.47. The maximum Gasteiger partial charge on any atom is 0.184 e. The topological polar surface area (TPSA) is 47.6 Å². The Morgan fingerprint density at radius 1 is 1.10 bits per heavy atom. The van der Waals surface area contributed by atoms with Crippen molar-refractivity contribution in [2.45, 2.75) is 25.7 Å². The van der Waals surface area contributed by atoms with Crippen LogP contribution in [0.3, 0.4) is 0 Å². The van der Waals surface area contributed by atoms with Crippen molar-refractivity contribution in [3.05, 3.63) is 57.6 Å².